The van der Waals surface area contributed by atoms with Gasteiger partial charge in [0.15, 0.2) is 0 Å². The van der Waals surface area contributed by atoms with Crippen LogP contribution in [0.5, 0.6) is 0 Å². The van der Waals surface area contributed by atoms with Crippen LogP contribution in [-0.2, 0) is 14.8 Å². The fourth-order valence-corrected chi connectivity index (χ4v) is 3.69. The minimum Gasteiger partial charge on any atom is -0.462 e. The van der Waals surface area contributed by atoms with Gasteiger partial charge in [0, 0.05) is 4.47 Å². The second kappa shape index (κ2) is 6.41. The fourth-order valence-electron chi connectivity index (χ4n) is 2.08. The lowest BCUT2D eigenvalue weighted by Gasteiger charge is -2.24. The molecule has 2 N–H and O–H groups in total. The van der Waals surface area contributed by atoms with E-state index in [1.165, 1.54) is 6.42 Å². The van der Waals surface area contributed by atoms with Crippen LogP contribution >= 0.6 is 15.9 Å². The number of halogens is 2. The number of rotatable bonds is 5. The summed E-state index contributed by atoms with van der Waals surface area (Å²) < 4.78 is 41.5. The molecule has 0 heterocycles. The van der Waals surface area contributed by atoms with Crippen molar-refractivity contribution in [3.8, 4) is 0 Å². The molecule has 1 aliphatic carbocycles. The van der Waals surface area contributed by atoms with E-state index in [9.17, 15) is 17.6 Å². The van der Waals surface area contributed by atoms with Crippen molar-refractivity contribution in [1.29, 1.82) is 0 Å². The van der Waals surface area contributed by atoms with Crippen LogP contribution in [0.4, 0.5) is 4.39 Å². The Hall–Kier alpha value is -0.990. The Balaban J connectivity index is 2.12. The van der Waals surface area contributed by atoms with E-state index in [1.807, 2.05) is 0 Å². The quantitative estimate of drug-likeness (QED) is 0.796. The van der Waals surface area contributed by atoms with E-state index < -0.39 is 27.4 Å². The van der Waals surface area contributed by atoms with Gasteiger partial charge in [0.25, 0.3) is 0 Å². The number of esters is 1. The zero-order valence-corrected chi connectivity index (χ0v) is 13.5. The summed E-state index contributed by atoms with van der Waals surface area (Å²) in [5.41, 5.74) is -0.434. The number of nitrogens with two attached hydrogens (primary N) is 1. The Bertz CT molecular complexity index is 658. The van der Waals surface area contributed by atoms with Crippen molar-refractivity contribution in [1.82, 2.24) is 0 Å². The maximum absolute atomic E-state index is 13.8. The van der Waals surface area contributed by atoms with Crippen molar-refractivity contribution in [2.45, 2.75) is 30.6 Å². The number of benzene rings is 1. The third-order valence-electron chi connectivity index (χ3n) is 3.53. The van der Waals surface area contributed by atoms with Crippen LogP contribution in [0.3, 0.4) is 0 Å². The highest BCUT2D eigenvalue weighted by molar-refractivity contribution is 9.10. The zero-order chi connectivity index (χ0) is 15.6. The highest BCUT2D eigenvalue weighted by Crippen LogP contribution is 2.29. The van der Waals surface area contributed by atoms with Gasteiger partial charge >= 0.3 is 5.97 Å². The van der Waals surface area contributed by atoms with Crippen molar-refractivity contribution >= 4 is 31.9 Å². The molecular formula is C13H15BrFNO4S. The van der Waals surface area contributed by atoms with Crippen molar-refractivity contribution in [3.05, 3.63) is 28.0 Å². The van der Waals surface area contributed by atoms with Crippen molar-refractivity contribution in [2.75, 3.05) is 6.61 Å². The highest BCUT2D eigenvalue weighted by Gasteiger charge is 2.22. The summed E-state index contributed by atoms with van der Waals surface area (Å²) in [6.07, 6.45) is 4.18. The normalized spacial score (nSPS) is 15.6. The summed E-state index contributed by atoms with van der Waals surface area (Å²) >= 11 is 2.90. The van der Waals surface area contributed by atoms with Crippen molar-refractivity contribution in [3.63, 3.8) is 0 Å². The van der Waals surface area contributed by atoms with E-state index in [0.29, 0.717) is 5.92 Å². The molecule has 1 saturated carbocycles. The van der Waals surface area contributed by atoms with Crippen LogP contribution in [-0.4, -0.2) is 21.0 Å². The maximum Gasteiger partial charge on any atom is 0.341 e. The molecular weight excluding hydrogens is 365 g/mol. The summed E-state index contributed by atoms with van der Waals surface area (Å²) in [5, 5.41) is 5.01. The summed E-state index contributed by atoms with van der Waals surface area (Å²) in [6, 6.07) is 1.78. The van der Waals surface area contributed by atoms with Crippen LogP contribution < -0.4 is 5.14 Å². The van der Waals surface area contributed by atoms with Gasteiger partial charge in [-0.2, -0.15) is 0 Å². The maximum atomic E-state index is 13.8. The first-order valence-corrected chi connectivity index (χ1v) is 8.82. The molecule has 0 amide bonds. The van der Waals surface area contributed by atoms with Gasteiger partial charge in [-0.25, -0.2) is 22.7 Å². The average molecular weight is 380 g/mol. The predicted molar refractivity (Wildman–Crippen MR) is 77.7 cm³/mol. The molecule has 0 aromatic heterocycles. The first kappa shape index (κ1) is 16.4. The summed E-state index contributed by atoms with van der Waals surface area (Å²) in [6.45, 7) is 0.198. The molecule has 0 atom stereocenters. The molecule has 0 bridgehead atoms. The number of hydrogen-bond donors (Lipinski definition) is 1. The first-order chi connectivity index (χ1) is 9.79. The zero-order valence-electron chi connectivity index (χ0n) is 11.1. The third-order valence-corrected chi connectivity index (χ3v) is 5.40. The SMILES string of the molecule is NS(=O)(=O)c1cc(C(=O)OCCC2CCC2)c(F)cc1Br. The molecule has 0 aliphatic heterocycles. The molecule has 1 aliphatic rings. The number of hydrogen-bond acceptors (Lipinski definition) is 4. The second-order valence-corrected chi connectivity index (χ2v) is 7.41. The third kappa shape index (κ3) is 4.02. The smallest absolute Gasteiger partial charge is 0.341 e. The summed E-state index contributed by atoms with van der Waals surface area (Å²) in [4.78, 5) is 11.5. The van der Waals surface area contributed by atoms with Gasteiger partial charge < -0.3 is 4.74 Å². The predicted octanol–water partition coefficient (Wildman–Crippen LogP) is 2.58. The number of carbonyl (C=O) groups excluding carboxylic acids is 1. The first-order valence-electron chi connectivity index (χ1n) is 6.48. The van der Waals surface area contributed by atoms with Crippen LogP contribution in [0, 0.1) is 11.7 Å². The van der Waals surface area contributed by atoms with Crippen molar-refractivity contribution < 1.29 is 22.3 Å². The minimum atomic E-state index is -4.06. The molecule has 5 nitrogen and oxygen atoms in total. The monoisotopic (exact) mass is 379 g/mol. The molecule has 116 valence electrons. The second-order valence-electron chi connectivity index (χ2n) is 5.03. The topological polar surface area (TPSA) is 86.5 Å². The van der Waals surface area contributed by atoms with Crippen molar-refractivity contribution in [2.24, 2.45) is 11.1 Å². The van der Waals surface area contributed by atoms with E-state index >= 15 is 0 Å². The molecule has 1 aromatic carbocycles. The van der Waals surface area contributed by atoms with Gasteiger partial charge in [-0.3, -0.25) is 0 Å². The molecule has 0 unspecified atom stereocenters. The van der Waals surface area contributed by atoms with E-state index in [0.717, 1.165) is 31.4 Å². The van der Waals surface area contributed by atoms with Gasteiger partial charge in [-0.1, -0.05) is 19.3 Å². The van der Waals surface area contributed by atoms with E-state index in [-0.39, 0.29) is 16.0 Å². The van der Waals surface area contributed by atoms with E-state index in [4.69, 9.17) is 9.88 Å². The average Bonchev–Trinajstić information content (AvgIpc) is 2.30. The largest absolute Gasteiger partial charge is 0.462 e. The Kier molecular flexibility index (Phi) is 5.00. The molecule has 2 rings (SSSR count). The summed E-state index contributed by atoms with van der Waals surface area (Å²) in [7, 11) is -4.06. The van der Waals surface area contributed by atoms with Gasteiger partial charge in [-0.05, 0) is 40.4 Å². The number of sulfonamides is 1. The molecule has 8 heteroatoms. The summed E-state index contributed by atoms with van der Waals surface area (Å²) in [5.74, 6) is -1.18. The van der Waals surface area contributed by atoms with Crippen LogP contribution in [0.15, 0.2) is 21.5 Å². The van der Waals surface area contributed by atoms with Gasteiger partial charge in [0.1, 0.15) is 5.82 Å². The fraction of sp³-hybridized carbons (Fsp3) is 0.462. The molecule has 1 fully saturated rings. The number of carbonyl (C=O) groups is 1. The molecule has 21 heavy (non-hydrogen) atoms. The lowest BCUT2D eigenvalue weighted by atomic mass is 9.83. The lowest BCUT2D eigenvalue weighted by molar-refractivity contribution is 0.0458. The minimum absolute atomic E-state index is 0.0338. The Labute approximate surface area is 130 Å². The molecule has 0 spiro atoms. The number of ether oxygens (including phenoxy) is 1. The van der Waals surface area contributed by atoms with Gasteiger partial charge in [0.05, 0.1) is 17.1 Å². The van der Waals surface area contributed by atoms with Crippen LogP contribution in [0.1, 0.15) is 36.0 Å². The Morgan fingerprint density at radius 1 is 1.43 bits per heavy atom. The molecule has 1 aromatic rings. The van der Waals surface area contributed by atoms with E-state index in [1.54, 1.807) is 0 Å². The van der Waals surface area contributed by atoms with Crippen LogP contribution in [0.2, 0.25) is 0 Å². The standard InChI is InChI=1S/C13H15BrFNO4S/c14-10-7-11(15)9(6-12(10)21(16,18)19)13(17)20-5-4-8-2-1-3-8/h6-8H,1-5H2,(H2,16,18,19). The van der Waals surface area contributed by atoms with Gasteiger partial charge in [-0.15, -0.1) is 0 Å². The highest BCUT2D eigenvalue weighted by atomic mass is 79.9. The Morgan fingerprint density at radius 2 is 2.10 bits per heavy atom. The molecule has 0 radical (unpaired) electrons. The van der Waals surface area contributed by atoms with E-state index in [2.05, 4.69) is 15.9 Å². The Morgan fingerprint density at radius 3 is 2.62 bits per heavy atom. The van der Waals surface area contributed by atoms with Crippen LogP contribution in [0.25, 0.3) is 0 Å². The molecule has 0 saturated heterocycles. The van der Waals surface area contributed by atoms with Gasteiger partial charge in [0.2, 0.25) is 10.0 Å². The lowest BCUT2D eigenvalue weighted by Crippen LogP contribution is -2.17. The number of primary sulfonamides is 1.